The Morgan fingerprint density at radius 3 is 2.28 bits per heavy atom. The van der Waals surface area contributed by atoms with Crippen molar-refractivity contribution < 1.29 is 22.4 Å². The monoisotopic (exact) mass is 260 g/mol. The van der Waals surface area contributed by atoms with Gasteiger partial charge < -0.3 is 0 Å². The van der Waals surface area contributed by atoms with Crippen molar-refractivity contribution in [1.82, 2.24) is 0 Å². The van der Waals surface area contributed by atoms with Crippen molar-refractivity contribution in [1.29, 1.82) is 0 Å². The quantitative estimate of drug-likeness (QED) is 0.599. The molecule has 0 aliphatic rings. The molecule has 0 N–H and O–H groups in total. The maximum Gasteiger partial charge on any atom is 0.450 e. The van der Waals surface area contributed by atoms with Gasteiger partial charge in [0.15, 0.2) is 0 Å². The number of carbonyl (C=O) groups excluding carboxylic acids is 1. The Kier molecular flexibility index (Phi) is 3.88. The van der Waals surface area contributed by atoms with Crippen molar-refractivity contribution in [2.75, 3.05) is 0 Å². The number of rotatable bonds is 3. The summed E-state index contributed by atoms with van der Waals surface area (Å²) < 4.78 is 49.7. The normalized spacial score (nSPS) is 12.6. The van der Waals surface area contributed by atoms with Gasteiger partial charge in [-0.05, 0) is 23.1 Å². The lowest BCUT2D eigenvalue weighted by atomic mass is 9.73. The summed E-state index contributed by atoms with van der Waals surface area (Å²) in [7, 11) is 1.61. The molecular formula is C12H13BF4O. The van der Waals surface area contributed by atoms with Crippen LogP contribution in [-0.4, -0.2) is 19.8 Å². The van der Waals surface area contributed by atoms with Gasteiger partial charge in [-0.1, -0.05) is 25.4 Å². The zero-order chi connectivity index (χ0) is 14.1. The molecule has 0 aliphatic heterocycles. The van der Waals surface area contributed by atoms with Crippen LogP contribution in [0.5, 0.6) is 0 Å². The summed E-state index contributed by atoms with van der Waals surface area (Å²) in [6.45, 7) is 3.08. The standard InChI is InChI=1S/C12H13BF4O/c1-11(2,6-10(18)12(15,16)17)8-4-3-7(14)5-9(8)13/h3-5H,6,13H2,1-2H3. The third-order valence-corrected chi connectivity index (χ3v) is 2.84. The Morgan fingerprint density at radius 2 is 1.83 bits per heavy atom. The molecule has 18 heavy (non-hydrogen) atoms. The summed E-state index contributed by atoms with van der Waals surface area (Å²) >= 11 is 0. The first-order chi connectivity index (χ1) is 8.04. The van der Waals surface area contributed by atoms with Crippen molar-refractivity contribution in [3.05, 3.63) is 29.6 Å². The van der Waals surface area contributed by atoms with Crippen molar-refractivity contribution in [3.8, 4) is 0 Å². The summed E-state index contributed by atoms with van der Waals surface area (Å²) in [6, 6.07) is 3.85. The lowest BCUT2D eigenvalue weighted by Gasteiger charge is -2.27. The van der Waals surface area contributed by atoms with Crippen LogP contribution in [0.3, 0.4) is 0 Å². The smallest absolute Gasteiger partial charge is 0.290 e. The molecule has 1 aromatic carbocycles. The van der Waals surface area contributed by atoms with Crippen LogP contribution < -0.4 is 5.46 Å². The van der Waals surface area contributed by atoms with E-state index in [1.807, 2.05) is 0 Å². The second kappa shape index (κ2) is 4.74. The van der Waals surface area contributed by atoms with E-state index in [4.69, 9.17) is 0 Å². The van der Waals surface area contributed by atoms with Gasteiger partial charge in [0.05, 0.1) is 0 Å². The maximum atomic E-state index is 12.9. The van der Waals surface area contributed by atoms with Crippen LogP contribution in [0.1, 0.15) is 25.8 Å². The topological polar surface area (TPSA) is 17.1 Å². The summed E-state index contributed by atoms with van der Waals surface area (Å²) in [6.07, 6.45) is -5.48. The number of carbonyl (C=O) groups is 1. The van der Waals surface area contributed by atoms with Crippen molar-refractivity contribution in [2.45, 2.75) is 31.9 Å². The molecule has 0 aromatic heterocycles. The minimum absolute atomic E-state index is 0.450. The Hall–Kier alpha value is -1.33. The number of Topliss-reactive ketones (excluding diaryl/α,β-unsaturated/α-hetero) is 1. The zero-order valence-electron chi connectivity index (χ0n) is 10.4. The minimum atomic E-state index is -4.83. The lowest BCUT2D eigenvalue weighted by molar-refractivity contribution is -0.172. The van der Waals surface area contributed by atoms with Crippen molar-refractivity contribution in [2.24, 2.45) is 0 Å². The van der Waals surface area contributed by atoms with E-state index in [0.29, 0.717) is 11.0 Å². The number of ketones is 1. The summed E-state index contributed by atoms with van der Waals surface area (Å²) in [5.41, 5.74) is 0.0983. The molecule has 0 aliphatic carbocycles. The van der Waals surface area contributed by atoms with E-state index in [1.165, 1.54) is 32.0 Å². The van der Waals surface area contributed by atoms with Gasteiger partial charge in [0.25, 0.3) is 0 Å². The Morgan fingerprint density at radius 1 is 1.28 bits per heavy atom. The van der Waals surface area contributed by atoms with E-state index in [-0.39, 0.29) is 0 Å². The first-order valence-corrected chi connectivity index (χ1v) is 5.41. The van der Waals surface area contributed by atoms with Crippen LogP contribution in [0.25, 0.3) is 0 Å². The Bertz CT molecular complexity index is 466. The molecule has 0 amide bonds. The predicted octanol–water partition coefficient (Wildman–Crippen LogP) is 1.88. The molecule has 1 rings (SSSR count). The maximum absolute atomic E-state index is 12.9. The number of hydrogen-bond acceptors (Lipinski definition) is 1. The number of alkyl halides is 3. The molecule has 0 saturated heterocycles. The fourth-order valence-electron chi connectivity index (χ4n) is 1.98. The molecule has 0 spiro atoms. The fourth-order valence-corrected chi connectivity index (χ4v) is 1.98. The molecule has 0 bridgehead atoms. The number of hydrogen-bond donors (Lipinski definition) is 0. The number of halogens is 4. The molecule has 0 atom stereocenters. The molecule has 0 fully saturated rings. The molecule has 0 unspecified atom stereocenters. The fraction of sp³-hybridized carbons (Fsp3) is 0.417. The van der Waals surface area contributed by atoms with Crippen LogP contribution >= 0.6 is 0 Å². The molecule has 1 aromatic rings. The lowest BCUT2D eigenvalue weighted by Crippen LogP contribution is -2.34. The summed E-state index contributed by atoms with van der Waals surface area (Å²) in [4.78, 5) is 11.0. The third-order valence-electron chi connectivity index (χ3n) is 2.84. The van der Waals surface area contributed by atoms with Crippen molar-refractivity contribution in [3.63, 3.8) is 0 Å². The van der Waals surface area contributed by atoms with Gasteiger partial charge in [0, 0.05) is 6.42 Å². The van der Waals surface area contributed by atoms with Gasteiger partial charge >= 0.3 is 6.18 Å². The molecule has 0 radical (unpaired) electrons. The van der Waals surface area contributed by atoms with Crippen LogP contribution in [-0.2, 0) is 10.2 Å². The van der Waals surface area contributed by atoms with Gasteiger partial charge in [0.2, 0.25) is 5.78 Å². The van der Waals surface area contributed by atoms with Crippen LogP contribution in [0.15, 0.2) is 18.2 Å². The minimum Gasteiger partial charge on any atom is -0.290 e. The largest absolute Gasteiger partial charge is 0.450 e. The number of benzene rings is 1. The SMILES string of the molecule is Bc1cc(F)ccc1C(C)(C)CC(=O)C(F)(F)F. The highest BCUT2D eigenvalue weighted by Crippen LogP contribution is 2.30. The van der Waals surface area contributed by atoms with E-state index in [1.54, 1.807) is 7.85 Å². The zero-order valence-corrected chi connectivity index (χ0v) is 10.4. The first-order valence-electron chi connectivity index (χ1n) is 5.41. The molecule has 98 valence electrons. The molecule has 6 heteroatoms. The van der Waals surface area contributed by atoms with Gasteiger partial charge in [-0.3, -0.25) is 4.79 Å². The van der Waals surface area contributed by atoms with Crippen LogP contribution in [0.2, 0.25) is 0 Å². The Balaban J connectivity index is 3.03. The summed E-state index contributed by atoms with van der Waals surface area (Å²) in [5, 5.41) is 0. The highest BCUT2D eigenvalue weighted by molar-refractivity contribution is 6.33. The van der Waals surface area contributed by atoms with Gasteiger partial charge in [0.1, 0.15) is 13.7 Å². The average Bonchev–Trinajstić information content (AvgIpc) is 2.14. The first kappa shape index (κ1) is 14.7. The van der Waals surface area contributed by atoms with Gasteiger partial charge in [-0.15, -0.1) is 0 Å². The molecular weight excluding hydrogens is 247 g/mol. The molecule has 0 saturated carbocycles. The van der Waals surface area contributed by atoms with E-state index in [2.05, 4.69) is 0 Å². The average molecular weight is 260 g/mol. The van der Waals surface area contributed by atoms with Crippen LogP contribution in [0, 0.1) is 5.82 Å². The highest BCUT2D eigenvalue weighted by atomic mass is 19.4. The second-order valence-electron chi connectivity index (χ2n) is 4.94. The van der Waals surface area contributed by atoms with Gasteiger partial charge in [-0.2, -0.15) is 13.2 Å². The molecule has 1 nitrogen and oxygen atoms in total. The van der Waals surface area contributed by atoms with E-state index in [9.17, 15) is 22.4 Å². The Labute approximate surface area is 104 Å². The van der Waals surface area contributed by atoms with Gasteiger partial charge in [-0.25, -0.2) is 4.39 Å². The van der Waals surface area contributed by atoms with E-state index in [0.717, 1.165) is 0 Å². The molecule has 0 heterocycles. The van der Waals surface area contributed by atoms with Crippen LogP contribution in [0.4, 0.5) is 17.6 Å². The third kappa shape index (κ3) is 3.34. The van der Waals surface area contributed by atoms with E-state index >= 15 is 0 Å². The highest BCUT2D eigenvalue weighted by Gasteiger charge is 2.41. The van der Waals surface area contributed by atoms with Crippen molar-refractivity contribution >= 4 is 19.1 Å². The second-order valence-corrected chi connectivity index (χ2v) is 4.94. The summed E-state index contributed by atoms with van der Waals surface area (Å²) in [5.74, 6) is -2.22. The van der Waals surface area contributed by atoms with E-state index < -0.39 is 29.6 Å². The predicted molar refractivity (Wildman–Crippen MR) is 63.3 cm³/mol.